The van der Waals surface area contributed by atoms with Gasteiger partial charge in [0.2, 0.25) is 0 Å². The summed E-state index contributed by atoms with van der Waals surface area (Å²) >= 11 is 12.7. The van der Waals surface area contributed by atoms with Gasteiger partial charge in [-0.3, -0.25) is 10.1 Å². The van der Waals surface area contributed by atoms with E-state index in [9.17, 15) is 10.1 Å². The van der Waals surface area contributed by atoms with Crippen molar-refractivity contribution in [3.8, 4) is 5.75 Å². The molecule has 0 bridgehead atoms. The summed E-state index contributed by atoms with van der Waals surface area (Å²) in [5.41, 5.74) is 1.63. The van der Waals surface area contributed by atoms with Gasteiger partial charge >= 0.3 is 5.70 Å². The molecule has 2 aliphatic heterocycles. The van der Waals surface area contributed by atoms with Gasteiger partial charge in [0.25, 0.3) is 0 Å². The lowest BCUT2D eigenvalue weighted by Crippen LogP contribution is -2.28. The molecule has 1 fully saturated rings. The molecule has 0 aliphatic carbocycles. The minimum absolute atomic E-state index is 0. The molecule has 0 saturated carbocycles. The van der Waals surface area contributed by atoms with Crippen LogP contribution in [0.2, 0.25) is 0 Å². The van der Waals surface area contributed by atoms with E-state index >= 15 is 0 Å². The first-order valence-corrected chi connectivity index (χ1v) is 8.43. The number of methoxy groups -OCH3 is 1. The van der Waals surface area contributed by atoms with Crippen LogP contribution < -0.4 is 10.1 Å². The molecule has 1 aromatic carbocycles. The van der Waals surface area contributed by atoms with E-state index in [0.717, 1.165) is 38.0 Å². The number of anilines is 1. The van der Waals surface area contributed by atoms with Crippen molar-refractivity contribution in [1.29, 1.82) is 0 Å². The molecular formula is C16H18Cl3N3O3. The Kier molecular flexibility index (Phi) is 6.43. The molecule has 25 heavy (non-hydrogen) atoms. The Bertz CT molecular complexity index is 743. The van der Waals surface area contributed by atoms with E-state index in [1.807, 2.05) is 4.90 Å². The largest absolute Gasteiger partial charge is 0.497 e. The first-order chi connectivity index (χ1) is 11.5. The molecule has 3 rings (SSSR count). The number of allylic oxidation sites excluding steroid dienone is 1. The Morgan fingerprint density at radius 2 is 1.96 bits per heavy atom. The summed E-state index contributed by atoms with van der Waals surface area (Å²) in [5, 5.41) is 14.8. The zero-order chi connectivity index (χ0) is 17.3. The predicted molar refractivity (Wildman–Crippen MR) is 102 cm³/mol. The quantitative estimate of drug-likeness (QED) is 0.449. The predicted octanol–water partition coefficient (Wildman–Crippen LogP) is 4.62. The summed E-state index contributed by atoms with van der Waals surface area (Å²) < 4.78 is 5.18. The van der Waals surface area contributed by atoms with Crippen LogP contribution in [0.25, 0.3) is 5.70 Å². The lowest BCUT2D eigenvalue weighted by atomic mass is 9.99. The molecule has 2 heterocycles. The molecule has 6 nitrogen and oxygen atoms in total. The van der Waals surface area contributed by atoms with Gasteiger partial charge < -0.3 is 15.0 Å². The Labute approximate surface area is 162 Å². The average molecular weight is 407 g/mol. The number of hydrogen-bond acceptors (Lipinski definition) is 5. The average Bonchev–Trinajstić information content (AvgIpc) is 2.59. The number of nitro groups is 1. The van der Waals surface area contributed by atoms with Crippen LogP contribution in [0.15, 0.2) is 34.1 Å². The third-order valence-corrected chi connectivity index (χ3v) is 5.08. The molecule has 0 radical (unpaired) electrons. The van der Waals surface area contributed by atoms with Gasteiger partial charge in [0.15, 0.2) is 5.03 Å². The van der Waals surface area contributed by atoms with Crippen LogP contribution in [0.4, 0.5) is 5.69 Å². The van der Waals surface area contributed by atoms with Gasteiger partial charge in [0.05, 0.1) is 12.0 Å². The van der Waals surface area contributed by atoms with E-state index in [-0.39, 0.29) is 28.3 Å². The first-order valence-electron chi connectivity index (χ1n) is 7.67. The highest BCUT2D eigenvalue weighted by Gasteiger charge is 2.34. The van der Waals surface area contributed by atoms with Gasteiger partial charge in [-0.1, -0.05) is 23.2 Å². The fraction of sp³-hybridized carbons (Fsp3) is 0.375. The minimum atomic E-state index is -0.501. The second-order valence-electron chi connectivity index (χ2n) is 5.67. The number of halogens is 3. The van der Waals surface area contributed by atoms with Crippen LogP contribution in [0.5, 0.6) is 5.75 Å². The van der Waals surface area contributed by atoms with E-state index in [4.69, 9.17) is 27.9 Å². The number of nitrogens with one attached hydrogen (secondary N) is 1. The zero-order valence-electron chi connectivity index (χ0n) is 13.6. The summed E-state index contributed by atoms with van der Waals surface area (Å²) in [4.78, 5) is 13.0. The second-order valence-corrected chi connectivity index (χ2v) is 6.41. The molecule has 1 saturated heterocycles. The molecule has 0 amide bonds. The third-order valence-electron chi connectivity index (χ3n) is 4.20. The van der Waals surface area contributed by atoms with Gasteiger partial charge in [-0.15, -0.1) is 12.4 Å². The van der Waals surface area contributed by atoms with Crippen molar-refractivity contribution in [1.82, 2.24) is 4.90 Å². The summed E-state index contributed by atoms with van der Waals surface area (Å²) in [6, 6.07) is 5.33. The van der Waals surface area contributed by atoms with Gasteiger partial charge in [-0.2, -0.15) is 0 Å². The van der Waals surface area contributed by atoms with Crippen molar-refractivity contribution in [2.24, 2.45) is 0 Å². The number of piperidine rings is 1. The van der Waals surface area contributed by atoms with Crippen LogP contribution >= 0.6 is 35.6 Å². The monoisotopic (exact) mass is 405 g/mol. The van der Waals surface area contributed by atoms with Crippen molar-refractivity contribution >= 4 is 47.0 Å². The molecule has 9 heteroatoms. The van der Waals surface area contributed by atoms with Gasteiger partial charge in [0.1, 0.15) is 16.6 Å². The fourth-order valence-corrected chi connectivity index (χ4v) is 3.44. The lowest BCUT2D eigenvalue weighted by Gasteiger charge is -2.29. The molecule has 1 aromatic rings. The third kappa shape index (κ3) is 3.81. The zero-order valence-corrected chi connectivity index (χ0v) is 15.9. The maximum Gasteiger partial charge on any atom is 0.314 e. The number of fused-ring (bicyclic) bond motifs is 1. The molecule has 0 spiro atoms. The van der Waals surface area contributed by atoms with Crippen molar-refractivity contribution in [2.75, 3.05) is 25.5 Å². The Balaban J connectivity index is 0.00000225. The standard InChI is InChI=1S/C16H17Cl2N3O3.ClH/c1-24-10-5-6-12-11(9-10)14(19-12)15(21(22)23)13(17)16(18)20-7-3-2-4-8-20;/h5-6,9,19H,2-4,7-8H2,1H3;1H/b15-14-,16-13+;. The number of ether oxygens (including phenoxy) is 1. The Hall–Kier alpha value is -1.63. The van der Waals surface area contributed by atoms with Gasteiger partial charge in [-0.05, 0) is 37.5 Å². The van der Waals surface area contributed by atoms with E-state index in [0.29, 0.717) is 17.0 Å². The van der Waals surface area contributed by atoms with Crippen LogP contribution in [-0.4, -0.2) is 30.0 Å². The highest BCUT2D eigenvalue weighted by Crippen LogP contribution is 2.42. The summed E-state index contributed by atoms with van der Waals surface area (Å²) in [6.07, 6.45) is 3.14. The van der Waals surface area contributed by atoms with Gasteiger partial charge in [-0.25, -0.2) is 0 Å². The molecule has 0 unspecified atom stereocenters. The smallest absolute Gasteiger partial charge is 0.314 e. The second kappa shape index (κ2) is 8.17. The van der Waals surface area contributed by atoms with Crippen molar-refractivity contribution in [3.63, 3.8) is 0 Å². The van der Waals surface area contributed by atoms with Crippen molar-refractivity contribution in [3.05, 3.63) is 49.8 Å². The number of rotatable bonds is 4. The van der Waals surface area contributed by atoms with Crippen molar-refractivity contribution < 1.29 is 9.66 Å². The van der Waals surface area contributed by atoms with Crippen LogP contribution in [-0.2, 0) is 0 Å². The maximum absolute atomic E-state index is 11.6. The normalized spacial score (nSPS) is 18.8. The number of hydrogen-bond donors (Lipinski definition) is 1. The van der Waals surface area contributed by atoms with Crippen LogP contribution in [0, 0.1) is 10.1 Å². The van der Waals surface area contributed by atoms with E-state index < -0.39 is 4.92 Å². The molecule has 0 aromatic heterocycles. The SMILES string of the molecule is COc1ccc2c(c1)/C(=C(\C(Cl)=C(\Cl)N1CCCCC1)[N+](=O)[O-])N2.Cl. The molecule has 1 N–H and O–H groups in total. The number of likely N-dealkylation sites (tertiary alicyclic amines) is 1. The van der Waals surface area contributed by atoms with Crippen LogP contribution in [0.3, 0.4) is 0 Å². The summed E-state index contributed by atoms with van der Waals surface area (Å²) in [7, 11) is 1.55. The highest BCUT2D eigenvalue weighted by atomic mass is 35.5. The van der Waals surface area contributed by atoms with E-state index in [1.54, 1.807) is 25.3 Å². The highest BCUT2D eigenvalue weighted by molar-refractivity contribution is 6.40. The topological polar surface area (TPSA) is 67.6 Å². The van der Waals surface area contributed by atoms with Crippen LogP contribution in [0.1, 0.15) is 24.8 Å². The summed E-state index contributed by atoms with van der Waals surface area (Å²) in [5.74, 6) is 0.623. The molecule has 136 valence electrons. The summed E-state index contributed by atoms with van der Waals surface area (Å²) in [6.45, 7) is 1.51. The van der Waals surface area contributed by atoms with E-state index in [2.05, 4.69) is 5.32 Å². The maximum atomic E-state index is 11.6. The Morgan fingerprint density at radius 3 is 2.56 bits per heavy atom. The first kappa shape index (κ1) is 19.7. The lowest BCUT2D eigenvalue weighted by molar-refractivity contribution is -0.418. The number of benzene rings is 1. The molecular weight excluding hydrogens is 389 g/mol. The Morgan fingerprint density at radius 1 is 1.28 bits per heavy atom. The molecule has 0 atom stereocenters. The van der Waals surface area contributed by atoms with Crippen molar-refractivity contribution in [2.45, 2.75) is 19.3 Å². The van der Waals surface area contributed by atoms with Gasteiger partial charge in [0, 0.05) is 24.3 Å². The number of nitrogens with zero attached hydrogens (tertiary/aromatic N) is 2. The fourth-order valence-electron chi connectivity index (χ4n) is 2.90. The van der Waals surface area contributed by atoms with E-state index in [1.165, 1.54) is 0 Å². The molecule has 2 aliphatic rings. The minimum Gasteiger partial charge on any atom is -0.497 e.